The summed E-state index contributed by atoms with van der Waals surface area (Å²) in [4.78, 5) is 50.4. The second-order valence-corrected chi connectivity index (χ2v) is 8.54. The van der Waals surface area contributed by atoms with E-state index in [-0.39, 0.29) is 17.7 Å². The Morgan fingerprint density at radius 2 is 1.60 bits per heavy atom. The van der Waals surface area contributed by atoms with Crippen LogP contribution >= 0.6 is 0 Å². The number of nitrogens with one attached hydrogen (secondary N) is 3. The molecule has 4 amide bonds. The summed E-state index contributed by atoms with van der Waals surface area (Å²) >= 11 is 0. The van der Waals surface area contributed by atoms with E-state index < -0.39 is 6.04 Å². The first-order valence-electron chi connectivity index (χ1n) is 11.7. The Kier molecular flexibility index (Phi) is 7.72. The number of hydrogen-bond acceptors (Lipinski definition) is 4. The highest BCUT2D eigenvalue weighted by Crippen LogP contribution is 2.23. The van der Waals surface area contributed by atoms with Gasteiger partial charge < -0.3 is 20.9 Å². The minimum atomic E-state index is -0.490. The molecule has 1 aliphatic carbocycles. The van der Waals surface area contributed by atoms with Crippen LogP contribution in [0.15, 0.2) is 72.3 Å². The van der Waals surface area contributed by atoms with E-state index >= 15 is 0 Å². The Hall–Kier alpha value is -4.20. The minimum Gasteiger partial charge on any atom is -0.330 e. The van der Waals surface area contributed by atoms with Gasteiger partial charge in [-0.2, -0.15) is 0 Å². The van der Waals surface area contributed by atoms with Crippen LogP contribution in [0.2, 0.25) is 0 Å². The van der Waals surface area contributed by atoms with Gasteiger partial charge in [-0.15, -0.1) is 0 Å². The smallest absolute Gasteiger partial charge is 0.255 e. The fourth-order valence-electron chi connectivity index (χ4n) is 4.26. The quantitative estimate of drug-likeness (QED) is 0.503. The first-order chi connectivity index (χ1) is 17.0. The first-order valence-corrected chi connectivity index (χ1v) is 11.7. The average Bonchev–Trinajstić information content (AvgIpc) is 3.37. The normalized spacial score (nSPS) is 16.9. The van der Waals surface area contributed by atoms with Gasteiger partial charge in [0.25, 0.3) is 5.91 Å². The van der Waals surface area contributed by atoms with Crippen LogP contribution in [0.3, 0.4) is 0 Å². The van der Waals surface area contributed by atoms with Crippen LogP contribution in [-0.4, -0.2) is 41.6 Å². The Labute approximate surface area is 204 Å². The number of carbonyl (C=O) groups is 4. The molecule has 35 heavy (non-hydrogen) atoms. The second kappa shape index (κ2) is 11.3. The molecule has 1 aliphatic heterocycles. The second-order valence-electron chi connectivity index (χ2n) is 8.54. The number of amides is 4. The Morgan fingerprint density at radius 3 is 2.29 bits per heavy atom. The number of hydrogen-bond donors (Lipinski definition) is 3. The van der Waals surface area contributed by atoms with Crippen molar-refractivity contribution in [3.05, 3.63) is 77.9 Å². The lowest BCUT2D eigenvalue weighted by Crippen LogP contribution is -2.43. The van der Waals surface area contributed by atoms with Crippen molar-refractivity contribution in [1.82, 2.24) is 4.90 Å². The summed E-state index contributed by atoms with van der Waals surface area (Å²) in [6.07, 6.45) is 10.4. The highest BCUT2D eigenvalue weighted by Gasteiger charge is 2.34. The molecule has 0 unspecified atom stereocenters. The van der Waals surface area contributed by atoms with Crippen molar-refractivity contribution in [3.63, 3.8) is 0 Å². The maximum absolute atomic E-state index is 12.9. The highest BCUT2D eigenvalue weighted by molar-refractivity contribution is 6.05. The Morgan fingerprint density at radius 1 is 0.914 bits per heavy atom. The predicted molar refractivity (Wildman–Crippen MR) is 135 cm³/mol. The maximum atomic E-state index is 12.9. The highest BCUT2D eigenvalue weighted by atomic mass is 16.2. The molecular weight excluding hydrogens is 444 g/mol. The van der Waals surface area contributed by atoms with Crippen molar-refractivity contribution >= 4 is 41.2 Å². The number of benzene rings is 2. The van der Waals surface area contributed by atoms with Crippen molar-refractivity contribution in [2.24, 2.45) is 0 Å². The van der Waals surface area contributed by atoms with Gasteiger partial charge in [-0.25, -0.2) is 0 Å². The maximum Gasteiger partial charge on any atom is 0.255 e. The van der Waals surface area contributed by atoms with E-state index in [1.165, 1.54) is 0 Å². The van der Waals surface area contributed by atoms with Crippen molar-refractivity contribution < 1.29 is 19.2 Å². The van der Waals surface area contributed by atoms with E-state index in [0.29, 0.717) is 48.4 Å². The number of allylic oxidation sites excluding steroid dienone is 3. The predicted octanol–water partition coefficient (Wildman–Crippen LogP) is 4.10. The average molecular weight is 473 g/mol. The number of carbonyl (C=O) groups excluding carboxylic acids is 4. The van der Waals surface area contributed by atoms with Crippen LogP contribution < -0.4 is 16.0 Å². The third-order valence-electron chi connectivity index (χ3n) is 6.09. The van der Waals surface area contributed by atoms with Gasteiger partial charge in [0, 0.05) is 29.2 Å². The van der Waals surface area contributed by atoms with Crippen molar-refractivity contribution in [2.75, 3.05) is 22.5 Å². The molecule has 3 N–H and O–H groups in total. The van der Waals surface area contributed by atoms with Gasteiger partial charge in [0.1, 0.15) is 6.04 Å². The molecule has 0 aromatic heterocycles. The number of likely N-dealkylation sites (tertiary alicyclic amines) is 1. The standard InChI is InChI=1S/C27H28N4O4/c32-18-28-21-12-14-23(15-13-21)29-26(34)20-8-10-22(11-9-20)30-27(35)24-7-4-16-31(24)25(33)17-19-5-2-1-3-6-19/h2,5-6,8-15,18,24H,1,3-4,7,16-17H2,(H,28,32)(H,29,34)(H,30,35)/t24-/m0/s1. The van der Waals surface area contributed by atoms with Crippen molar-refractivity contribution in [1.29, 1.82) is 0 Å². The summed E-state index contributed by atoms with van der Waals surface area (Å²) in [5.41, 5.74) is 3.23. The minimum absolute atomic E-state index is 0.0255. The molecule has 2 aliphatic rings. The van der Waals surface area contributed by atoms with Crippen LogP contribution in [0, 0.1) is 0 Å². The zero-order valence-electron chi connectivity index (χ0n) is 19.3. The first kappa shape index (κ1) is 23.9. The van der Waals surface area contributed by atoms with Crippen molar-refractivity contribution in [3.8, 4) is 0 Å². The van der Waals surface area contributed by atoms with Crippen molar-refractivity contribution in [2.45, 2.75) is 38.1 Å². The molecule has 0 spiro atoms. The van der Waals surface area contributed by atoms with E-state index in [9.17, 15) is 19.2 Å². The summed E-state index contributed by atoms with van der Waals surface area (Å²) in [5, 5.41) is 8.20. The Bertz CT molecular complexity index is 1150. The molecule has 0 radical (unpaired) electrons. The molecule has 4 rings (SSSR count). The van der Waals surface area contributed by atoms with E-state index in [4.69, 9.17) is 0 Å². The summed E-state index contributed by atoms with van der Waals surface area (Å²) in [6, 6.07) is 12.9. The Balaban J connectivity index is 1.32. The lowest BCUT2D eigenvalue weighted by Gasteiger charge is -2.24. The largest absolute Gasteiger partial charge is 0.330 e. The molecule has 180 valence electrons. The summed E-state index contributed by atoms with van der Waals surface area (Å²) in [7, 11) is 0. The van der Waals surface area contributed by atoms with Crippen LogP contribution in [0.25, 0.3) is 0 Å². The van der Waals surface area contributed by atoms with Gasteiger partial charge in [-0.1, -0.05) is 18.2 Å². The molecule has 0 saturated carbocycles. The molecule has 8 heteroatoms. The van der Waals surface area contributed by atoms with Gasteiger partial charge in [-0.05, 0) is 79.8 Å². The molecule has 1 heterocycles. The molecule has 2 aromatic carbocycles. The third-order valence-corrected chi connectivity index (χ3v) is 6.09. The summed E-state index contributed by atoms with van der Waals surface area (Å²) < 4.78 is 0. The van der Waals surface area contributed by atoms with Crippen LogP contribution in [-0.2, 0) is 14.4 Å². The van der Waals surface area contributed by atoms with Crippen LogP contribution in [0.1, 0.15) is 42.5 Å². The monoisotopic (exact) mass is 472 g/mol. The summed E-state index contributed by atoms with van der Waals surface area (Å²) in [6.45, 7) is 0.583. The van der Waals surface area contributed by atoms with Gasteiger partial charge in [0.05, 0.1) is 6.42 Å². The SMILES string of the molecule is O=CNc1ccc(NC(=O)c2ccc(NC(=O)[C@@H]3CCCN3C(=O)CC3=CCCC=C3)cc2)cc1. The topological polar surface area (TPSA) is 108 Å². The lowest BCUT2D eigenvalue weighted by molar-refractivity contribution is -0.136. The van der Waals surface area contributed by atoms with E-state index in [2.05, 4.69) is 28.1 Å². The van der Waals surface area contributed by atoms with Gasteiger partial charge in [-0.3, -0.25) is 19.2 Å². The lowest BCUT2D eigenvalue weighted by atomic mass is 10.0. The number of rotatable bonds is 8. The third kappa shape index (κ3) is 6.23. The van der Waals surface area contributed by atoms with Gasteiger partial charge in [0.2, 0.25) is 18.2 Å². The number of anilines is 3. The zero-order chi connectivity index (χ0) is 24.6. The van der Waals surface area contributed by atoms with E-state index in [1.807, 2.05) is 6.08 Å². The zero-order valence-corrected chi connectivity index (χ0v) is 19.3. The molecule has 2 aromatic rings. The van der Waals surface area contributed by atoms with E-state index in [1.54, 1.807) is 53.4 Å². The number of nitrogens with zero attached hydrogens (tertiary/aromatic N) is 1. The fraction of sp³-hybridized carbons (Fsp3) is 0.259. The van der Waals surface area contributed by atoms with Crippen LogP contribution in [0.4, 0.5) is 17.1 Å². The fourth-order valence-corrected chi connectivity index (χ4v) is 4.26. The van der Waals surface area contributed by atoms with Gasteiger partial charge in [0.15, 0.2) is 0 Å². The van der Waals surface area contributed by atoms with Crippen LogP contribution in [0.5, 0.6) is 0 Å². The molecule has 1 fully saturated rings. The molecule has 1 saturated heterocycles. The van der Waals surface area contributed by atoms with Gasteiger partial charge >= 0.3 is 0 Å². The molecule has 1 atom stereocenters. The summed E-state index contributed by atoms with van der Waals surface area (Å²) in [5.74, 6) is -0.537. The molecular formula is C27H28N4O4. The molecule has 8 nitrogen and oxygen atoms in total. The van der Waals surface area contributed by atoms with E-state index in [0.717, 1.165) is 24.8 Å². The molecule has 0 bridgehead atoms.